The second-order valence-corrected chi connectivity index (χ2v) is 6.66. The highest BCUT2D eigenvalue weighted by molar-refractivity contribution is 6.31. The molecule has 1 heterocycles. The number of rotatable bonds is 5. The molecule has 20 heavy (non-hydrogen) atoms. The van der Waals surface area contributed by atoms with E-state index in [4.69, 9.17) is 16.3 Å². The second-order valence-electron chi connectivity index (χ2n) is 6.25. The maximum absolute atomic E-state index is 6.26. The Morgan fingerprint density at radius 1 is 1.40 bits per heavy atom. The fourth-order valence-electron chi connectivity index (χ4n) is 2.76. The Bertz CT molecular complexity index is 433. The number of ether oxygens (including phenoxy) is 1. The summed E-state index contributed by atoms with van der Waals surface area (Å²) >= 11 is 6.26. The van der Waals surface area contributed by atoms with Gasteiger partial charge in [-0.2, -0.15) is 0 Å². The van der Waals surface area contributed by atoms with Gasteiger partial charge in [0.05, 0.1) is 6.10 Å². The molecule has 112 valence electrons. The minimum atomic E-state index is 0.182. The normalized spacial score (nSPS) is 23.2. The van der Waals surface area contributed by atoms with E-state index in [9.17, 15) is 0 Å². The van der Waals surface area contributed by atoms with Crippen LogP contribution in [0, 0.1) is 18.8 Å². The lowest BCUT2D eigenvalue weighted by Gasteiger charge is -2.32. The molecule has 2 nitrogen and oxygen atoms in total. The van der Waals surface area contributed by atoms with Crippen LogP contribution < -0.4 is 5.32 Å². The molecule has 2 unspecified atom stereocenters. The Labute approximate surface area is 127 Å². The van der Waals surface area contributed by atoms with Crippen molar-refractivity contribution in [2.75, 3.05) is 19.7 Å². The van der Waals surface area contributed by atoms with Crippen molar-refractivity contribution in [3.05, 3.63) is 34.3 Å². The van der Waals surface area contributed by atoms with Gasteiger partial charge < -0.3 is 10.1 Å². The predicted octanol–water partition coefficient (Wildman–Crippen LogP) is 4.36. The van der Waals surface area contributed by atoms with Crippen molar-refractivity contribution < 1.29 is 4.74 Å². The van der Waals surface area contributed by atoms with Crippen molar-refractivity contribution in [1.29, 1.82) is 0 Å². The van der Waals surface area contributed by atoms with Crippen LogP contribution in [0.2, 0.25) is 5.02 Å². The smallest absolute Gasteiger partial charge is 0.0865 e. The van der Waals surface area contributed by atoms with E-state index in [2.05, 4.69) is 37.4 Å². The third-order valence-corrected chi connectivity index (χ3v) is 4.34. The van der Waals surface area contributed by atoms with Crippen molar-refractivity contribution >= 4 is 11.6 Å². The first-order valence-electron chi connectivity index (χ1n) is 7.66. The van der Waals surface area contributed by atoms with E-state index in [1.165, 1.54) is 12.0 Å². The van der Waals surface area contributed by atoms with Crippen LogP contribution in [0.4, 0.5) is 0 Å². The number of benzene rings is 1. The van der Waals surface area contributed by atoms with Gasteiger partial charge in [0.15, 0.2) is 0 Å². The fraction of sp³-hybridized carbons (Fsp3) is 0.647. The molecule has 1 aromatic carbocycles. The fourth-order valence-corrected chi connectivity index (χ4v) is 2.95. The zero-order chi connectivity index (χ0) is 14.5. The minimum absolute atomic E-state index is 0.182. The highest BCUT2D eigenvalue weighted by atomic mass is 35.5. The average molecular weight is 296 g/mol. The summed E-state index contributed by atoms with van der Waals surface area (Å²) in [6, 6.07) is 6.32. The molecule has 2 atom stereocenters. The van der Waals surface area contributed by atoms with Crippen molar-refractivity contribution in [3.8, 4) is 0 Å². The third-order valence-electron chi connectivity index (χ3n) is 3.93. The van der Waals surface area contributed by atoms with Crippen LogP contribution in [0.1, 0.15) is 43.9 Å². The zero-order valence-electron chi connectivity index (χ0n) is 12.8. The van der Waals surface area contributed by atoms with Crippen molar-refractivity contribution in [2.45, 2.75) is 39.7 Å². The van der Waals surface area contributed by atoms with Gasteiger partial charge in [0.1, 0.15) is 0 Å². The highest BCUT2D eigenvalue weighted by Crippen LogP contribution is 2.34. The topological polar surface area (TPSA) is 21.3 Å². The van der Waals surface area contributed by atoms with Gasteiger partial charge in [-0.25, -0.2) is 0 Å². The van der Waals surface area contributed by atoms with Gasteiger partial charge in [-0.05, 0) is 49.4 Å². The van der Waals surface area contributed by atoms with Crippen molar-refractivity contribution in [3.63, 3.8) is 0 Å². The number of halogens is 1. The molecule has 0 amide bonds. The van der Waals surface area contributed by atoms with Crippen LogP contribution in [-0.2, 0) is 4.74 Å². The maximum Gasteiger partial charge on any atom is 0.0865 e. The van der Waals surface area contributed by atoms with Crippen LogP contribution in [0.5, 0.6) is 0 Å². The van der Waals surface area contributed by atoms with Gasteiger partial charge in [-0.15, -0.1) is 0 Å². The first-order chi connectivity index (χ1) is 9.58. The molecule has 1 fully saturated rings. The lowest BCUT2D eigenvalue weighted by atomic mass is 9.89. The molecular formula is C17H26ClNO. The largest absolute Gasteiger partial charge is 0.373 e. The molecule has 0 aromatic heterocycles. The summed E-state index contributed by atoms with van der Waals surface area (Å²) < 4.78 is 6.03. The number of aryl methyl sites for hydroxylation is 1. The molecule has 0 aliphatic carbocycles. The summed E-state index contributed by atoms with van der Waals surface area (Å²) in [5, 5.41) is 4.41. The van der Waals surface area contributed by atoms with E-state index in [-0.39, 0.29) is 6.10 Å². The molecular weight excluding hydrogens is 270 g/mol. The quantitative estimate of drug-likeness (QED) is 0.871. The molecule has 0 bridgehead atoms. The number of nitrogens with one attached hydrogen (secondary N) is 1. The van der Waals surface area contributed by atoms with Gasteiger partial charge in [0.25, 0.3) is 0 Å². The van der Waals surface area contributed by atoms with E-state index >= 15 is 0 Å². The Hall–Kier alpha value is -0.570. The van der Waals surface area contributed by atoms with Crippen LogP contribution in [0.25, 0.3) is 0 Å². The van der Waals surface area contributed by atoms with Gasteiger partial charge in [-0.3, -0.25) is 0 Å². The van der Waals surface area contributed by atoms with Crippen LogP contribution in [0.15, 0.2) is 18.2 Å². The van der Waals surface area contributed by atoms with Crippen LogP contribution in [0.3, 0.4) is 0 Å². The van der Waals surface area contributed by atoms with Gasteiger partial charge in [0, 0.05) is 24.1 Å². The lowest BCUT2D eigenvalue weighted by molar-refractivity contribution is -0.0278. The summed E-state index contributed by atoms with van der Waals surface area (Å²) in [5.41, 5.74) is 2.34. The Kier molecular flexibility index (Phi) is 5.88. The van der Waals surface area contributed by atoms with E-state index < -0.39 is 0 Å². The Morgan fingerprint density at radius 2 is 2.20 bits per heavy atom. The molecule has 0 saturated carbocycles. The summed E-state index contributed by atoms with van der Waals surface area (Å²) in [4.78, 5) is 0. The lowest BCUT2D eigenvalue weighted by Crippen LogP contribution is -2.33. The second kappa shape index (κ2) is 7.44. The molecule has 1 N–H and O–H groups in total. The minimum Gasteiger partial charge on any atom is -0.373 e. The summed E-state index contributed by atoms with van der Waals surface area (Å²) in [7, 11) is 0. The molecule has 0 radical (unpaired) electrons. The van der Waals surface area contributed by atoms with E-state index in [1.54, 1.807) is 0 Å². The Morgan fingerprint density at radius 3 is 2.90 bits per heavy atom. The first-order valence-corrected chi connectivity index (χ1v) is 8.04. The van der Waals surface area contributed by atoms with Crippen molar-refractivity contribution in [1.82, 2.24) is 5.32 Å². The van der Waals surface area contributed by atoms with Gasteiger partial charge in [-0.1, -0.05) is 37.6 Å². The molecule has 1 aliphatic rings. The van der Waals surface area contributed by atoms with E-state index in [0.29, 0.717) is 11.8 Å². The monoisotopic (exact) mass is 295 g/mol. The van der Waals surface area contributed by atoms with Crippen LogP contribution >= 0.6 is 11.6 Å². The molecule has 1 aromatic rings. The van der Waals surface area contributed by atoms with Gasteiger partial charge in [0.2, 0.25) is 0 Å². The van der Waals surface area contributed by atoms with Crippen molar-refractivity contribution in [2.24, 2.45) is 11.8 Å². The molecule has 1 aliphatic heterocycles. The molecule has 3 heteroatoms. The van der Waals surface area contributed by atoms with Gasteiger partial charge >= 0.3 is 0 Å². The predicted molar refractivity (Wildman–Crippen MR) is 85.3 cm³/mol. The summed E-state index contributed by atoms with van der Waals surface area (Å²) in [6.07, 6.45) is 2.56. The zero-order valence-corrected chi connectivity index (χ0v) is 13.5. The summed E-state index contributed by atoms with van der Waals surface area (Å²) in [6.45, 7) is 9.46. The molecule has 0 spiro atoms. The maximum atomic E-state index is 6.26. The SMILES string of the molecule is Cc1ccc(C2OCCCC2CNCC(C)C)cc1Cl. The number of hydrogen-bond acceptors (Lipinski definition) is 2. The standard InChI is InChI=1S/C17H26ClNO/c1-12(2)10-19-11-15-5-4-8-20-17(15)14-7-6-13(3)16(18)9-14/h6-7,9,12,15,17,19H,4-5,8,10-11H2,1-3H3. The molecule has 2 rings (SSSR count). The van der Waals surface area contributed by atoms with E-state index in [1.807, 2.05) is 6.92 Å². The van der Waals surface area contributed by atoms with E-state index in [0.717, 1.165) is 36.7 Å². The Balaban J connectivity index is 2.03. The first kappa shape index (κ1) is 15.8. The average Bonchev–Trinajstić information content (AvgIpc) is 2.42. The van der Waals surface area contributed by atoms with Crippen LogP contribution in [-0.4, -0.2) is 19.7 Å². The molecule has 1 saturated heterocycles. The third kappa shape index (κ3) is 4.21. The highest BCUT2D eigenvalue weighted by Gasteiger charge is 2.27. The summed E-state index contributed by atoms with van der Waals surface area (Å²) in [5.74, 6) is 1.23. The number of hydrogen-bond donors (Lipinski definition) is 1.